The van der Waals surface area contributed by atoms with Crippen molar-refractivity contribution in [1.82, 2.24) is 0 Å². The Bertz CT molecular complexity index is 407. The number of benzene rings is 1. The molecular formula is C13H15NO. The Morgan fingerprint density at radius 2 is 2.33 bits per heavy atom. The van der Waals surface area contributed by atoms with Crippen LogP contribution in [0.25, 0.3) is 0 Å². The highest BCUT2D eigenvalue weighted by molar-refractivity contribution is 5.36. The van der Waals surface area contributed by atoms with Crippen LogP contribution in [-0.2, 0) is 5.60 Å². The molecule has 1 aliphatic rings. The van der Waals surface area contributed by atoms with Gasteiger partial charge >= 0.3 is 0 Å². The zero-order valence-electron chi connectivity index (χ0n) is 8.90. The van der Waals surface area contributed by atoms with E-state index < -0.39 is 5.60 Å². The third kappa shape index (κ3) is 1.64. The molecule has 0 aliphatic heterocycles. The van der Waals surface area contributed by atoms with Crippen molar-refractivity contribution in [2.24, 2.45) is 5.92 Å². The summed E-state index contributed by atoms with van der Waals surface area (Å²) in [5.41, 5.74) is 0.805. The lowest BCUT2D eigenvalue weighted by molar-refractivity contribution is 0.00447. The summed E-state index contributed by atoms with van der Waals surface area (Å²) in [6.07, 6.45) is 2.94. The summed E-state index contributed by atoms with van der Waals surface area (Å²) in [5.74, 6) is 0.284. The largest absolute Gasteiger partial charge is 0.385 e. The molecule has 0 bridgehead atoms. The summed E-state index contributed by atoms with van der Waals surface area (Å²) in [6.45, 7) is 2.08. The van der Waals surface area contributed by atoms with Crippen molar-refractivity contribution in [3.8, 4) is 6.07 Å². The van der Waals surface area contributed by atoms with Crippen LogP contribution in [0.4, 0.5) is 0 Å². The van der Waals surface area contributed by atoms with Gasteiger partial charge in [-0.25, -0.2) is 0 Å². The second-order valence-electron chi connectivity index (χ2n) is 4.41. The molecule has 1 aromatic carbocycles. The molecule has 1 aliphatic carbocycles. The SMILES string of the molecule is C[C@H]1CCC[C@]1(O)c1cccc(C#N)c1. The fourth-order valence-corrected chi connectivity index (χ4v) is 2.45. The lowest BCUT2D eigenvalue weighted by atomic mass is 9.84. The van der Waals surface area contributed by atoms with Crippen LogP contribution in [-0.4, -0.2) is 5.11 Å². The predicted octanol–water partition coefficient (Wildman–Crippen LogP) is 2.57. The van der Waals surface area contributed by atoms with E-state index in [9.17, 15) is 5.11 Å². The van der Waals surface area contributed by atoms with Gasteiger partial charge in [0.1, 0.15) is 0 Å². The molecule has 0 saturated heterocycles. The molecule has 0 amide bonds. The highest BCUT2D eigenvalue weighted by Gasteiger charge is 2.39. The monoisotopic (exact) mass is 201 g/mol. The maximum atomic E-state index is 10.5. The minimum atomic E-state index is -0.715. The van der Waals surface area contributed by atoms with Crippen molar-refractivity contribution >= 4 is 0 Å². The van der Waals surface area contributed by atoms with Gasteiger partial charge in [-0.1, -0.05) is 19.1 Å². The normalized spacial score (nSPS) is 30.1. The van der Waals surface area contributed by atoms with Gasteiger partial charge in [-0.15, -0.1) is 0 Å². The third-order valence-corrected chi connectivity index (χ3v) is 3.50. The van der Waals surface area contributed by atoms with Crippen molar-refractivity contribution in [2.45, 2.75) is 31.8 Å². The molecule has 0 unspecified atom stereocenters. The van der Waals surface area contributed by atoms with Gasteiger partial charge in [0.2, 0.25) is 0 Å². The molecule has 1 saturated carbocycles. The van der Waals surface area contributed by atoms with Gasteiger partial charge in [0.25, 0.3) is 0 Å². The first-order chi connectivity index (χ1) is 7.16. The fraction of sp³-hybridized carbons (Fsp3) is 0.462. The van der Waals surface area contributed by atoms with Crippen molar-refractivity contribution in [3.63, 3.8) is 0 Å². The van der Waals surface area contributed by atoms with Gasteiger partial charge in [0, 0.05) is 0 Å². The molecule has 2 rings (SSSR count). The van der Waals surface area contributed by atoms with Crippen LogP contribution in [0.5, 0.6) is 0 Å². The van der Waals surface area contributed by atoms with Gasteiger partial charge in [-0.2, -0.15) is 5.26 Å². The Morgan fingerprint density at radius 1 is 1.53 bits per heavy atom. The van der Waals surface area contributed by atoms with Crippen molar-refractivity contribution in [2.75, 3.05) is 0 Å². The van der Waals surface area contributed by atoms with Gasteiger partial charge in [0.15, 0.2) is 0 Å². The second kappa shape index (κ2) is 3.67. The van der Waals surface area contributed by atoms with Gasteiger partial charge in [0.05, 0.1) is 17.2 Å². The molecule has 0 spiro atoms. The Labute approximate surface area is 90.2 Å². The van der Waals surface area contributed by atoms with E-state index in [1.165, 1.54) is 0 Å². The molecule has 15 heavy (non-hydrogen) atoms. The molecule has 2 atom stereocenters. The predicted molar refractivity (Wildman–Crippen MR) is 58.1 cm³/mol. The van der Waals surface area contributed by atoms with Gasteiger partial charge in [-0.05, 0) is 42.9 Å². The number of hydrogen-bond acceptors (Lipinski definition) is 2. The number of hydrogen-bond donors (Lipinski definition) is 1. The molecule has 1 fully saturated rings. The van der Waals surface area contributed by atoms with Crippen molar-refractivity contribution in [3.05, 3.63) is 35.4 Å². The van der Waals surface area contributed by atoms with E-state index >= 15 is 0 Å². The lowest BCUT2D eigenvalue weighted by Gasteiger charge is -2.28. The van der Waals surface area contributed by atoms with Crippen LogP contribution < -0.4 is 0 Å². The van der Waals surface area contributed by atoms with Gasteiger partial charge in [-0.3, -0.25) is 0 Å². The van der Waals surface area contributed by atoms with Crippen molar-refractivity contribution in [1.29, 1.82) is 5.26 Å². The first-order valence-corrected chi connectivity index (χ1v) is 5.40. The fourth-order valence-electron chi connectivity index (χ4n) is 2.45. The van der Waals surface area contributed by atoms with E-state index in [4.69, 9.17) is 5.26 Å². The Kier molecular flexibility index (Phi) is 2.50. The van der Waals surface area contributed by atoms with Crippen molar-refractivity contribution < 1.29 is 5.11 Å². The lowest BCUT2D eigenvalue weighted by Crippen LogP contribution is -2.28. The summed E-state index contributed by atoms with van der Waals surface area (Å²) in [4.78, 5) is 0. The minimum Gasteiger partial charge on any atom is -0.385 e. The first kappa shape index (κ1) is 10.2. The molecule has 1 aromatic rings. The summed E-state index contributed by atoms with van der Waals surface area (Å²) < 4.78 is 0. The summed E-state index contributed by atoms with van der Waals surface area (Å²) in [7, 11) is 0. The molecular weight excluding hydrogens is 186 g/mol. The molecule has 0 aromatic heterocycles. The standard InChI is InChI=1S/C13H15NO/c1-10-4-3-7-13(10,15)12-6-2-5-11(8-12)9-14/h2,5-6,8,10,15H,3-4,7H2,1H3/t10-,13+/m0/s1. The van der Waals surface area contributed by atoms with Crippen LogP contribution in [0.1, 0.15) is 37.3 Å². The Morgan fingerprint density at radius 3 is 2.93 bits per heavy atom. The molecule has 78 valence electrons. The van der Waals surface area contributed by atoms with Crippen LogP contribution in [0, 0.1) is 17.2 Å². The molecule has 2 heteroatoms. The highest BCUT2D eigenvalue weighted by atomic mass is 16.3. The number of nitriles is 1. The zero-order valence-corrected chi connectivity index (χ0v) is 8.90. The maximum absolute atomic E-state index is 10.5. The number of rotatable bonds is 1. The second-order valence-corrected chi connectivity index (χ2v) is 4.41. The molecule has 0 radical (unpaired) electrons. The minimum absolute atomic E-state index is 0.284. The molecule has 1 N–H and O–H groups in total. The average Bonchev–Trinajstić information content (AvgIpc) is 2.61. The van der Waals surface area contributed by atoms with Gasteiger partial charge < -0.3 is 5.11 Å². The number of nitrogens with zero attached hydrogens (tertiary/aromatic N) is 1. The quantitative estimate of drug-likeness (QED) is 0.758. The van der Waals surface area contributed by atoms with Crippen LogP contribution in [0.2, 0.25) is 0 Å². The van der Waals surface area contributed by atoms with Crippen LogP contribution in [0.3, 0.4) is 0 Å². The van der Waals surface area contributed by atoms with Crippen LogP contribution >= 0.6 is 0 Å². The van der Waals surface area contributed by atoms with E-state index in [-0.39, 0.29) is 5.92 Å². The van der Waals surface area contributed by atoms with E-state index in [2.05, 4.69) is 13.0 Å². The van der Waals surface area contributed by atoms with E-state index in [1.54, 1.807) is 6.07 Å². The average molecular weight is 201 g/mol. The Hall–Kier alpha value is -1.33. The van der Waals surface area contributed by atoms with E-state index in [0.29, 0.717) is 5.56 Å². The topological polar surface area (TPSA) is 44.0 Å². The number of aliphatic hydroxyl groups is 1. The molecule has 0 heterocycles. The molecule has 2 nitrogen and oxygen atoms in total. The highest BCUT2D eigenvalue weighted by Crippen LogP contribution is 2.43. The maximum Gasteiger partial charge on any atom is 0.0991 e. The Balaban J connectivity index is 2.41. The summed E-state index contributed by atoms with van der Waals surface area (Å²) in [6, 6.07) is 9.45. The summed E-state index contributed by atoms with van der Waals surface area (Å²) >= 11 is 0. The smallest absolute Gasteiger partial charge is 0.0991 e. The zero-order chi connectivity index (χ0) is 10.9. The van der Waals surface area contributed by atoms with E-state index in [0.717, 1.165) is 24.8 Å². The first-order valence-electron chi connectivity index (χ1n) is 5.40. The van der Waals surface area contributed by atoms with E-state index in [1.807, 2.05) is 18.2 Å². The third-order valence-electron chi connectivity index (χ3n) is 3.50. The van der Waals surface area contributed by atoms with Crippen LogP contribution in [0.15, 0.2) is 24.3 Å². The summed E-state index contributed by atoms with van der Waals surface area (Å²) in [5, 5.41) is 19.4.